The van der Waals surface area contributed by atoms with Gasteiger partial charge in [-0.3, -0.25) is 10.1 Å². The molecule has 1 aromatic heterocycles. The molecule has 0 aliphatic heterocycles. The Labute approximate surface area is 120 Å². The number of benzene rings is 1. The molecule has 0 amide bonds. The Morgan fingerprint density at radius 1 is 1.55 bits per heavy atom. The Bertz CT molecular complexity index is 627. The van der Waals surface area contributed by atoms with Crippen LogP contribution in [0.4, 0.5) is 5.69 Å². The lowest BCUT2D eigenvalue weighted by Gasteiger charge is -2.11. The van der Waals surface area contributed by atoms with Crippen molar-refractivity contribution in [2.75, 3.05) is 0 Å². The number of imidazole rings is 1. The molecule has 0 aliphatic carbocycles. The number of aliphatic hydroxyl groups excluding tert-OH is 1. The lowest BCUT2D eigenvalue weighted by atomic mass is 10.1. The van der Waals surface area contributed by atoms with Crippen LogP contribution in [0.5, 0.6) is 0 Å². The second-order valence-corrected chi connectivity index (χ2v) is 5.67. The largest absolute Gasteiger partial charge is 0.390 e. The molecule has 20 heavy (non-hydrogen) atoms. The molecule has 106 valence electrons. The van der Waals surface area contributed by atoms with E-state index in [1.54, 1.807) is 18.3 Å². The molecule has 6 nitrogen and oxygen atoms in total. The van der Waals surface area contributed by atoms with Crippen molar-refractivity contribution in [1.29, 1.82) is 0 Å². The number of nitro benzene ring substituents is 1. The van der Waals surface area contributed by atoms with Crippen molar-refractivity contribution in [1.82, 2.24) is 9.55 Å². The lowest BCUT2D eigenvalue weighted by Crippen LogP contribution is -1.99. The number of aliphatic hydroxyl groups is 1. The number of nitro groups is 1. The van der Waals surface area contributed by atoms with E-state index in [9.17, 15) is 10.1 Å². The van der Waals surface area contributed by atoms with Crippen LogP contribution in [0.25, 0.3) is 0 Å². The van der Waals surface area contributed by atoms with E-state index in [-0.39, 0.29) is 17.5 Å². The van der Waals surface area contributed by atoms with Crippen LogP contribution in [0.3, 0.4) is 0 Å². The van der Waals surface area contributed by atoms with Crippen LogP contribution in [-0.4, -0.2) is 19.6 Å². The highest BCUT2D eigenvalue weighted by Crippen LogP contribution is 2.35. The summed E-state index contributed by atoms with van der Waals surface area (Å²) in [6, 6.07) is 6.60. The van der Waals surface area contributed by atoms with Crippen molar-refractivity contribution in [3.05, 3.63) is 51.8 Å². The third-order valence-electron chi connectivity index (χ3n) is 3.04. The van der Waals surface area contributed by atoms with Crippen molar-refractivity contribution >= 4 is 17.4 Å². The first kappa shape index (κ1) is 14.5. The third-order valence-corrected chi connectivity index (χ3v) is 4.25. The summed E-state index contributed by atoms with van der Waals surface area (Å²) in [7, 11) is 1.83. The predicted octanol–water partition coefficient (Wildman–Crippen LogP) is 2.67. The first-order valence-corrected chi connectivity index (χ1v) is 6.93. The van der Waals surface area contributed by atoms with Gasteiger partial charge in [0.05, 0.1) is 23.4 Å². The lowest BCUT2D eigenvalue weighted by molar-refractivity contribution is -0.384. The summed E-state index contributed by atoms with van der Waals surface area (Å²) < 4.78 is 1.82. The summed E-state index contributed by atoms with van der Waals surface area (Å²) in [4.78, 5) is 14.6. The Morgan fingerprint density at radius 3 is 2.90 bits per heavy atom. The molecule has 0 saturated heterocycles. The fourth-order valence-corrected chi connectivity index (χ4v) is 2.79. The number of hydrogen-bond acceptors (Lipinski definition) is 5. The Balaban J connectivity index is 2.19. The normalized spacial score (nSPS) is 12.3. The minimum atomic E-state index is -0.397. The maximum absolute atomic E-state index is 10.8. The summed E-state index contributed by atoms with van der Waals surface area (Å²) in [6.45, 7) is 1.91. The van der Waals surface area contributed by atoms with Gasteiger partial charge >= 0.3 is 0 Å². The number of rotatable bonds is 5. The van der Waals surface area contributed by atoms with Gasteiger partial charge in [-0.05, 0) is 12.5 Å². The topological polar surface area (TPSA) is 81.2 Å². The number of aromatic nitrogens is 2. The Morgan fingerprint density at radius 2 is 2.30 bits per heavy atom. The molecule has 0 saturated carbocycles. The van der Waals surface area contributed by atoms with E-state index >= 15 is 0 Å². The SMILES string of the molecule is CC(Sc1ncc(CO)n1C)c1cccc([N+](=O)[O-])c1. The summed E-state index contributed by atoms with van der Waals surface area (Å²) in [5, 5.41) is 20.7. The van der Waals surface area contributed by atoms with Crippen LogP contribution in [0, 0.1) is 10.1 Å². The quantitative estimate of drug-likeness (QED) is 0.520. The number of non-ortho nitro benzene ring substituents is 1. The minimum absolute atomic E-state index is 0.0301. The van der Waals surface area contributed by atoms with E-state index in [4.69, 9.17) is 5.11 Å². The van der Waals surface area contributed by atoms with Crippen molar-refractivity contribution in [3.63, 3.8) is 0 Å². The standard InChI is InChI=1S/C13H15N3O3S/c1-9(10-4-3-5-11(6-10)16(18)19)20-13-14-7-12(8-17)15(13)2/h3-7,9,17H,8H2,1-2H3. The van der Waals surface area contributed by atoms with Gasteiger partial charge < -0.3 is 9.67 Å². The van der Waals surface area contributed by atoms with Gasteiger partial charge in [0.25, 0.3) is 5.69 Å². The summed E-state index contributed by atoms with van der Waals surface area (Å²) >= 11 is 1.50. The molecular weight excluding hydrogens is 278 g/mol. The van der Waals surface area contributed by atoms with Crippen molar-refractivity contribution in [3.8, 4) is 0 Å². The average molecular weight is 293 g/mol. The van der Waals surface area contributed by atoms with E-state index in [1.807, 2.05) is 24.6 Å². The summed E-state index contributed by atoms with van der Waals surface area (Å²) in [5.74, 6) is 0. The van der Waals surface area contributed by atoms with Crippen molar-refractivity contribution in [2.45, 2.75) is 23.9 Å². The van der Waals surface area contributed by atoms with Crippen LogP contribution < -0.4 is 0 Å². The van der Waals surface area contributed by atoms with Crippen molar-refractivity contribution < 1.29 is 10.0 Å². The van der Waals surface area contributed by atoms with Crippen molar-refractivity contribution in [2.24, 2.45) is 7.05 Å². The maximum atomic E-state index is 10.8. The maximum Gasteiger partial charge on any atom is 0.269 e. The molecule has 1 unspecified atom stereocenters. The van der Waals surface area contributed by atoms with E-state index in [0.29, 0.717) is 0 Å². The summed E-state index contributed by atoms with van der Waals surface area (Å²) in [5.41, 5.74) is 1.70. The number of nitrogens with zero attached hydrogens (tertiary/aromatic N) is 3. The van der Waals surface area contributed by atoms with Gasteiger partial charge in [0.1, 0.15) is 0 Å². The molecular formula is C13H15N3O3S. The van der Waals surface area contributed by atoms with E-state index < -0.39 is 4.92 Å². The zero-order valence-corrected chi connectivity index (χ0v) is 12.0. The zero-order valence-electron chi connectivity index (χ0n) is 11.2. The fourth-order valence-electron chi connectivity index (χ4n) is 1.80. The first-order chi connectivity index (χ1) is 9.52. The monoisotopic (exact) mass is 293 g/mol. The van der Waals surface area contributed by atoms with E-state index in [0.717, 1.165) is 16.4 Å². The van der Waals surface area contributed by atoms with E-state index in [2.05, 4.69) is 4.98 Å². The zero-order chi connectivity index (χ0) is 14.7. The van der Waals surface area contributed by atoms with Gasteiger partial charge in [-0.25, -0.2) is 4.98 Å². The molecule has 7 heteroatoms. The molecule has 1 heterocycles. The Hall–Kier alpha value is -1.86. The molecule has 1 aromatic carbocycles. The summed E-state index contributed by atoms with van der Waals surface area (Å²) in [6.07, 6.45) is 1.63. The van der Waals surface area contributed by atoms with Gasteiger partial charge in [-0.1, -0.05) is 23.9 Å². The number of thioether (sulfide) groups is 1. The smallest absolute Gasteiger partial charge is 0.269 e. The van der Waals surface area contributed by atoms with E-state index in [1.165, 1.54) is 17.8 Å². The molecule has 1 atom stereocenters. The Kier molecular flexibility index (Phi) is 4.41. The molecule has 2 rings (SSSR count). The number of hydrogen-bond donors (Lipinski definition) is 1. The average Bonchev–Trinajstić information content (AvgIpc) is 2.79. The van der Waals surface area contributed by atoms with Crippen LogP contribution in [0.2, 0.25) is 0 Å². The predicted molar refractivity (Wildman–Crippen MR) is 76.5 cm³/mol. The van der Waals surface area contributed by atoms with Gasteiger partial charge in [0, 0.05) is 24.4 Å². The highest BCUT2D eigenvalue weighted by atomic mass is 32.2. The fraction of sp³-hybridized carbons (Fsp3) is 0.308. The molecule has 0 spiro atoms. The highest BCUT2D eigenvalue weighted by Gasteiger charge is 2.15. The third kappa shape index (κ3) is 3.00. The molecule has 0 radical (unpaired) electrons. The van der Waals surface area contributed by atoms with Crippen LogP contribution in [-0.2, 0) is 13.7 Å². The molecule has 0 bridgehead atoms. The molecule has 2 aromatic rings. The van der Waals surface area contributed by atoms with Crippen LogP contribution in [0.15, 0.2) is 35.6 Å². The minimum Gasteiger partial charge on any atom is -0.390 e. The van der Waals surface area contributed by atoms with Gasteiger partial charge in [0.15, 0.2) is 5.16 Å². The van der Waals surface area contributed by atoms with Gasteiger partial charge in [0.2, 0.25) is 0 Å². The van der Waals surface area contributed by atoms with Crippen LogP contribution in [0.1, 0.15) is 23.4 Å². The van der Waals surface area contributed by atoms with Gasteiger partial charge in [-0.15, -0.1) is 0 Å². The molecule has 0 aliphatic rings. The first-order valence-electron chi connectivity index (χ1n) is 6.05. The molecule has 1 N–H and O–H groups in total. The van der Waals surface area contributed by atoms with Gasteiger partial charge in [-0.2, -0.15) is 0 Å². The highest BCUT2D eigenvalue weighted by molar-refractivity contribution is 7.99. The second-order valence-electron chi connectivity index (χ2n) is 4.36. The molecule has 0 fully saturated rings. The second kappa shape index (κ2) is 6.06. The van der Waals surface area contributed by atoms with Crippen LogP contribution >= 0.6 is 11.8 Å².